The third kappa shape index (κ3) is 2.53. The molecule has 0 saturated carbocycles. The number of hydrogen-bond acceptors (Lipinski definition) is 4. The molecule has 0 radical (unpaired) electrons. The molecule has 1 unspecified atom stereocenters. The second kappa shape index (κ2) is 5.61. The molecule has 5 heteroatoms. The highest BCUT2D eigenvalue weighted by molar-refractivity contribution is 5.82. The SMILES string of the molecule is N#CC1CN(C(=O)[C@H]2Cc3ccccc3CN2)CCO1. The van der Waals surface area contributed by atoms with Crippen molar-refractivity contribution in [3.63, 3.8) is 0 Å². The lowest BCUT2D eigenvalue weighted by molar-refractivity contribution is -0.139. The van der Waals surface area contributed by atoms with Gasteiger partial charge in [0.15, 0.2) is 6.10 Å². The Morgan fingerprint density at radius 2 is 2.20 bits per heavy atom. The Hall–Kier alpha value is -1.90. The van der Waals surface area contributed by atoms with Gasteiger partial charge in [-0.05, 0) is 17.5 Å². The van der Waals surface area contributed by atoms with Crippen molar-refractivity contribution in [3.8, 4) is 6.07 Å². The van der Waals surface area contributed by atoms with Crippen LogP contribution in [0.3, 0.4) is 0 Å². The molecule has 0 bridgehead atoms. The van der Waals surface area contributed by atoms with E-state index in [1.165, 1.54) is 11.1 Å². The van der Waals surface area contributed by atoms with Crippen molar-refractivity contribution in [2.45, 2.75) is 25.1 Å². The van der Waals surface area contributed by atoms with Crippen molar-refractivity contribution >= 4 is 5.91 Å². The van der Waals surface area contributed by atoms with Gasteiger partial charge in [0, 0.05) is 13.1 Å². The Kier molecular flexibility index (Phi) is 3.68. The first-order chi connectivity index (χ1) is 9.78. The minimum atomic E-state index is -0.497. The Morgan fingerprint density at radius 3 is 3.00 bits per heavy atom. The maximum atomic E-state index is 12.5. The average Bonchev–Trinajstić information content (AvgIpc) is 2.53. The van der Waals surface area contributed by atoms with Crippen LogP contribution in [-0.2, 0) is 22.5 Å². The molecule has 1 N–H and O–H groups in total. The maximum Gasteiger partial charge on any atom is 0.240 e. The Balaban J connectivity index is 1.68. The summed E-state index contributed by atoms with van der Waals surface area (Å²) in [4.78, 5) is 14.3. The minimum Gasteiger partial charge on any atom is -0.360 e. The third-order valence-corrected chi connectivity index (χ3v) is 3.90. The summed E-state index contributed by atoms with van der Waals surface area (Å²) in [5.41, 5.74) is 2.49. The first kappa shape index (κ1) is 13.1. The average molecular weight is 271 g/mol. The molecule has 1 fully saturated rings. The van der Waals surface area contributed by atoms with Crippen LogP contribution >= 0.6 is 0 Å². The molecular weight excluding hydrogens is 254 g/mol. The van der Waals surface area contributed by atoms with Gasteiger partial charge in [-0.25, -0.2) is 0 Å². The van der Waals surface area contributed by atoms with E-state index < -0.39 is 6.10 Å². The van der Waals surface area contributed by atoms with Crippen LogP contribution in [0, 0.1) is 11.3 Å². The zero-order valence-corrected chi connectivity index (χ0v) is 11.2. The first-order valence-corrected chi connectivity index (χ1v) is 6.88. The maximum absolute atomic E-state index is 12.5. The van der Waals surface area contributed by atoms with Gasteiger partial charge in [0.2, 0.25) is 5.91 Å². The van der Waals surface area contributed by atoms with Gasteiger partial charge in [-0.15, -0.1) is 0 Å². The molecule has 0 aromatic heterocycles. The van der Waals surface area contributed by atoms with Crippen LogP contribution in [0.2, 0.25) is 0 Å². The molecule has 0 aliphatic carbocycles. The molecule has 3 rings (SSSR count). The predicted octanol–water partition coefficient (Wildman–Crippen LogP) is 0.452. The molecular formula is C15H17N3O2. The highest BCUT2D eigenvalue weighted by Gasteiger charge is 2.31. The highest BCUT2D eigenvalue weighted by atomic mass is 16.5. The van der Waals surface area contributed by atoms with Crippen molar-refractivity contribution in [1.29, 1.82) is 5.26 Å². The Bertz CT molecular complexity index is 552. The van der Waals surface area contributed by atoms with Gasteiger partial charge in [0.05, 0.1) is 25.3 Å². The van der Waals surface area contributed by atoms with E-state index in [4.69, 9.17) is 10.00 Å². The summed E-state index contributed by atoms with van der Waals surface area (Å²) in [6, 6.07) is 10.1. The molecule has 1 aromatic rings. The van der Waals surface area contributed by atoms with E-state index in [0.29, 0.717) is 26.1 Å². The number of rotatable bonds is 1. The summed E-state index contributed by atoms with van der Waals surface area (Å²) in [6.07, 6.45) is 0.215. The van der Waals surface area contributed by atoms with Crippen LogP contribution in [0.1, 0.15) is 11.1 Å². The number of morpholine rings is 1. The number of ether oxygens (including phenoxy) is 1. The zero-order valence-electron chi connectivity index (χ0n) is 11.2. The van der Waals surface area contributed by atoms with E-state index in [9.17, 15) is 4.79 Å². The number of carbonyl (C=O) groups is 1. The molecule has 2 aliphatic heterocycles. The molecule has 104 valence electrons. The van der Waals surface area contributed by atoms with Gasteiger partial charge >= 0.3 is 0 Å². The van der Waals surface area contributed by atoms with Gasteiger partial charge in [0.25, 0.3) is 0 Å². The number of nitrogens with one attached hydrogen (secondary N) is 1. The Labute approximate surface area is 118 Å². The number of carbonyl (C=O) groups excluding carboxylic acids is 1. The van der Waals surface area contributed by atoms with Gasteiger partial charge in [-0.1, -0.05) is 24.3 Å². The van der Waals surface area contributed by atoms with Crippen molar-refractivity contribution in [2.75, 3.05) is 19.7 Å². The van der Waals surface area contributed by atoms with E-state index >= 15 is 0 Å². The Morgan fingerprint density at radius 1 is 1.40 bits per heavy atom. The lowest BCUT2D eigenvalue weighted by Gasteiger charge is -2.34. The lowest BCUT2D eigenvalue weighted by atomic mass is 9.95. The third-order valence-electron chi connectivity index (χ3n) is 3.90. The van der Waals surface area contributed by atoms with Crippen LogP contribution in [0.4, 0.5) is 0 Å². The molecule has 2 aliphatic rings. The number of nitrogens with zero attached hydrogens (tertiary/aromatic N) is 2. The lowest BCUT2D eigenvalue weighted by Crippen LogP contribution is -2.54. The fourth-order valence-corrected chi connectivity index (χ4v) is 2.78. The fourth-order valence-electron chi connectivity index (χ4n) is 2.78. The second-order valence-electron chi connectivity index (χ2n) is 5.18. The molecule has 1 amide bonds. The van der Waals surface area contributed by atoms with Gasteiger partial charge in [-0.3, -0.25) is 4.79 Å². The predicted molar refractivity (Wildman–Crippen MR) is 72.7 cm³/mol. The fraction of sp³-hybridized carbons (Fsp3) is 0.467. The molecule has 0 spiro atoms. The largest absolute Gasteiger partial charge is 0.360 e. The number of hydrogen-bond donors (Lipinski definition) is 1. The number of nitriles is 1. The van der Waals surface area contributed by atoms with Gasteiger partial charge in [0.1, 0.15) is 0 Å². The quantitative estimate of drug-likeness (QED) is 0.805. The van der Waals surface area contributed by atoms with Crippen LogP contribution in [0.15, 0.2) is 24.3 Å². The first-order valence-electron chi connectivity index (χ1n) is 6.88. The highest BCUT2D eigenvalue weighted by Crippen LogP contribution is 2.18. The number of fused-ring (bicyclic) bond motifs is 1. The van der Waals surface area contributed by atoms with Crippen molar-refractivity contribution < 1.29 is 9.53 Å². The molecule has 5 nitrogen and oxygen atoms in total. The molecule has 1 aromatic carbocycles. The van der Waals surface area contributed by atoms with Crippen LogP contribution in [0.25, 0.3) is 0 Å². The summed E-state index contributed by atoms with van der Waals surface area (Å²) in [7, 11) is 0. The van der Waals surface area contributed by atoms with Crippen molar-refractivity contribution in [3.05, 3.63) is 35.4 Å². The van der Waals surface area contributed by atoms with Crippen molar-refractivity contribution in [1.82, 2.24) is 10.2 Å². The molecule has 2 atom stereocenters. The molecule has 2 heterocycles. The summed E-state index contributed by atoms with van der Waals surface area (Å²) in [5, 5.41) is 12.2. The summed E-state index contributed by atoms with van der Waals surface area (Å²) >= 11 is 0. The second-order valence-corrected chi connectivity index (χ2v) is 5.18. The normalized spacial score (nSPS) is 25.6. The monoisotopic (exact) mass is 271 g/mol. The van der Waals surface area contributed by atoms with Crippen LogP contribution < -0.4 is 5.32 Å². The van der Waals surface area contributed by atoms with Crippen LogP contribution in [-0.4, -0.2) is 42.6 Å². The van der Waals surface area contributed by atoms with Gasteiger partial charge < -0.3 is 15.0 Å². The molecule has 1 saturated heterocycles. The number of amides is 1. The summed E-state index contributed by atoms with van der Waals surface area (Å²) < 4.78 is 5.28. The van der Waals surface area contributed by atoms with E-state index in [1.807, 2.05) is 12.1 Å². The molecule has 20 heavy (non-hydrogen) atoms. The van der Waals surface area contributed by atoms with Crippen molar-refractivity contribution in [2.24, 2.45) is 0 Å². The smallest absolute Gasteiger partial charge is 0.240 e. The summed E-state index contributed by atoms with van der Waals surface area (Å²) in [6.45, 7) is 2.10. The topological polar surface area (TPSA) is 65.4 Å². The standard InChI is InChI=1S/C15H17N3O2/c16-8-13-10-18(5-6-20-13)15(19)14-7-11-3-1-2-4-12(11)9-17-14/h1-4,13-14,17H,5-7,9-10H2/t13?,14-/m1/s1. The number of benzene rings is 1. The summed E-state index contributed by atoms with van der Waals surface area (Å²) in [5.74, 6) is 0.0723. The van der Waals surface area contributed by atoms with E-state index in [2.05, 4.69) is 23.5 Å². The van der Waals surface area contributed by atoms with E-state index in [-0.39, 0.29) is 11.9 Å². The van der Waals surface area contributed by atoms with Crippen LogP contribution in [0.5, 0.6) is 0 Å². The van der Waals surface area contributed by atoms with Gasteiger partial charge in [-0.2, -0.15) is 5.26 Å². The van der Waals surface area contributed by atoms with E-state index in [0.717, 1.165) is 6.54 Å². The minimum absolute atomic E-state index is 0.0723. The van der Waals surface area contributed by atoms with E-state index in [1.54, 1.807) is 4.90 Å². The zero-order chi connectivity index (χ0) is 13.9.